The smallest absolute Gasteiger partial charge is 0.423 e. The summed E-state index contributed by atoms with van der Waals surface area (Å²) in [5.41, 5.74) is 16.3. The zero-order valence-electron chi connectivity index (χ0n) is 46.6. The van der Waals surface area contributed by atoms with Gasteiger partial charge in [0.25, 0.3) is 0 Å². The number of ketones is 2. The first-order valence-corrected chi connectivity index (χ1v) is 31.9. The van der Waals surface area contributed by atoms with Gasteiger partial charge in [-0.25, -0.2) is 4.98 Å². The van der Waals surface area contributed by atoms with Gasteiger partial charge in [0.15, 0.2) is 11.6 Å². The van der Waals surface area contributed by atoms with E-state index in [1.807, 2.05) is 91.1 Å². The van der Waals surface area contributed by atoms with Crippen LogP contribution in [-0.4, -0.2) is 43.7 Å². The fourth-order valence-corrected chi connectivity index (χ4v) is 14.2. The van der Waals surface area contributed by atoms with E-state index in [-0.39, 0.29) is 17.0 Å². The van der Waals surface area contributed by atoms with E-state index >= 15 is 0 Å². The van der Waals surface area contributed by atoms with Crippen molar-refractivity contribution in [2.24, 2.45) is 0 Å². The maximum absolute atomic E-state index is 11.9. The number of nitrogens with zero attached hydrogens (tertiary/aromatic N) is 3. The molecule has 0 aliphatic heterocycles. The third kappa shape index (κ3) is 12.8. The fraction of sp³-hybridized carbons (Fsp3) is 0.0274. The van der Waals surface area contributed by atoms with E-state index in [1.165, 1.54) is 61.5 Å². The number of carbonyl (C=O) groups excluding carboxylic acids is 2. The molecule has 16 rings (SSSR count). The zero-order chi connectivity index (χ0) is 61.5. The number of carbonyl (C=O) groups is 2. The van der Waals surface area contributed by atoms with Crippen LogP contribution in [0.1, 0.15) is 55.5 Å². The van der Waals surface area contributed by atoms with Crippen LogP contribution in [-0.2, 0) is 5.41 Å². The second-order valence-corrected chi connectivity index (χ2v) is 25.1. The van der Waals surface area contributed by atoms with Crippen molar-refractivity contribution in [3.63, 3.8) is 0 Å². The Morgan fingerprint density at radius 2 is 1.00 bits per heavy atom. The summed E-state index contributed by atoms with van der Waals surface area (Å²) in [7, 11) is -1.41. The van der Waals surface area contributed by atoms with Crippen molar-refractivity contribution in [2.75, 3.05) is 0 Å². The molecule has 0 amide bonds. The molecule has 0 fully saturated rings. The quantitative estimate of drug-likeness (QED) is 0.103. The highest BCUT2D eigenvalue weighted by atomic mass is 79.9. The van der Waals surface area contributed by atoms with Crippen LogP contribution >= 0.6 is 93.9 Å². The van der Waals surface area contributed by atoms with Gasteiger partial charge in [0.1, 0.15) is 4.60 Å². The highest BCUT2D eigenvalue weighted by Crippen LogP contribution is 2.62. The molecule has 15 heteroatoms. The number of halogens is 6. The summed E-state index contributed by atoms with van der Waals surface area (Å²) in [5.74, 6) is 0.0599. The molecule has 0 radical (unpaired) electrons. The molecule has 9 aromatic carbocycles. The normalized spacial score (nSPS) is 11.9. The summed E-state index contributed by atoms with van der Waals surface area (Å²) in [6.07, 6.45) is 5.19. The van der Waals surface area contributed by atoms with E-state index in [1.54, 1.807) is 72.3 Å². The fourth-order valence-electron chi connectivity index (χ4n) is 11.1. The maximum atomic E-state index is 11.9. The predicted octanol–water partition coefficient (Wildman–Crippen LogP) is 20.0. The number of benzene rings is 9. The Morgan fingerprint density at radius 1 is 0.466 bits per heavy atom. The van der Waals surface area contributed by atoms with Gasteiger partial charge < -0.3 is 10.0 Å². The first-order chi connectivity index (χ1) is 42.7. The molecule has 7 nitrogen and oxygen atoms in total. The Balaban J connectivity index is 0.000000114. The molecule has 4 heterocycles. The minimum atomic E-state index is -1.41. The average molecular weight is 1420 g/mol. The lowest BCUT2D eigenvalue weighted by atomic mass is 9.71. The van der Waals surface area contributed by atoms with Crippen molar-refractivity contribution in [3.05, 3.63) is 329 Å². The Hall–Kier alpha value is -7.72. The van der Waals surface area contributed by atoms with Crippen molar-refractivity contribution in [3.8, 4) is 44.8 Å². The molecule has 3 aliphatic rings. The van der Waals surface area contributed by atoms with E-state index in [2.05, 4.69) is 167 Å². The number of fused-ring (bicyclic) bond motifs is 16. The van der Waals surface area contributed by atoms with Gasteiger partial charge in [0.2, 0.25) is 0 Å². The van der Waals surface area contributed by atoms with Crippen LogP contribution < -0.4 is 5.46 Å². The highest BCUT2D eigenvalue weighted by molar-refractivity contribution is 9.11. The number of hydrogen-bond acceptors (Lipinski definition) is 8. The Bertz CT molecular complexity index is 4660. The SMILES string of the molecule is Brc1ccccc1-c1ccccc1.CC(=O)c1cccnc1Br.Clc1ccc(Br)cc1.Clc1ccc2c(c1)-c1ncccc1C21c2ccccc2-c2ccccc21.O=C1c2ccc(Cl)cc2-c2ncccc21.OB(O)c1cccc2c1sc1ccccc12. The molecule has 0 unspecified atom stereocenters. The van der Waals surface area contributed by atoms with Crippen LogP contribution in [0.25, 0.3) is 64.9 Å². The summed E-state index contributed by atoms with van der Waals surface area (Å²) in [4.78, 5) is 35.6. The monoisotopic (exact) mass is 1420 g/mol. The molecule has 88 heavy (non-hydrogen) atoms. The summed E-state index contributed by atoms with van der Waals surface area (Å²) in [5, 5.41) is 23.0. The summed E-state index contributed by atoms with van der Waals surface area (Å²) < 4.78 is 4.94. The molecular formula is C73H48BBr3Cl3N3O4S. The second kappa shape index (κ2) is 27.8. The molecule has 13 aromatic rings. The number of rotatable bonds is 3. The first kappa shape index (κ1) is 61.9. The third-order valence-electron chi connectivity index (χ3n) is 15.0. The van der Waals surface area contributed by atoms with E-state index in [4.69, 9.17) is 39.8 Å². The van der Waals surface area contributed by atoms with E-state index < -0.39 is 7.12 Å². The molecule has 0 atom stereocenters. The minimum Gasteiger partial charge on any atom is -0.423 e. The Labute approximate surface area is 553 Å². The maximum Gasteiger partial charge on any atom is 0.489 e. The predicted molar refractivity (Wildman–Crippen MR) is 373 cm³/mol. The van der Waals surface area contributed by atoms with Crippen LogP contribution in [0.15, 0.2) is 275 Å². The molecule has 430 valence electrons. The van der Waals surface area contributed by atoms with Crippen molar-refractivity contribution in [1.82, 2.24) is 15.0 Å². The standard InChI is InChI=1S/C24H14ClN.C12H9BO2S.C12H9Br.C12H6ClNO.C7H6BrNO.C6H4BrCl/c25-15-11-12-21-18(14-15)23-22(10-5-13-26-23)24(21)19-8-3-1-6-16(19)17-7-2-4-9-20(17)24;14-13(15)10-6-3-5-9-8-4-1-2-7-11(8)16-12(9)10;13-12-9-5-4-8-11(12)10-6-2-1-3-7-10;13-7-3-4-8-10(6-7)11-9(12(8)15)2-1-5-14-11;1-5(10)6-3-2-4-9-7(6)8;7-5-1-3-6(8)4-2-5/h1-14H;1-7,14-15H;1-9H;1-6H;2-4H,1H3;1-4H. The number of Topliss-reactive ketones (excluding diaryl/α,β-unsaturated/α-hetero) is 1. The molecule has 0 saturated carbocycles. The van der Waals surface area contributed by atoms with Crippen LogP contribution in [0.2, 0.25) is 15.1 Å². The van der Waals surface area contributed by atoms with Gasteiger partial charge in [0.05, 0.1) is 22.4 Å². The van der Waals surface area contributed by atoms with Crippen LogP contribution in [0.3, 0.4) is 0 Å². The summed E-state index contributed by atoms with van der Waals surface area (Å²) >= 11 is 29.4. The summed E-state index contributed by atoms with van der Waals surface area (Å²) in [6.45, 7) is 1.52. The van der Waals surface area contributed by atoms with Crippen LogP contribution in [0.5, 0.6) is 0 Å². The lowest BCUT2D eigenvalue weighted by molar-refractivity contribution is 0.101. The highest BCUT2D eigenvalue weighted by Gasteiger charge is 2.52. The number of thiophene rings is 1. The second-order valence-electron chi connectivity index (χ2n) is 20.2. The lowest BCUT2D eigenvalue weighted by Gasteiger charge is -2.30. The van der Waals surface area contributed by atoms with Gasteiger partial charge >= 0.3 is 7.12 Å². The average Bonchev–Trinajstić information content (AvgIpc) is 1.52. The summed E-state index contributed by atoms with van der Waals surface area (Å²) in [6, 6.07) is 80.1. The van der Waals surface area contributed by atoms with Crippen molar-refractivity contribution < 1.29 is 19.6 Å². The van der Waals surface area contributed by atoms with Crippen molar-refractivity contribution in [1.29, 1.82) is 0 Å². The Morgan fingerprint density at radius 3 is 1.66 bits per heavy atom. The molecule has 4 aromatic heterocycles. The zero-order valence-corrected chi connectivity index (χ0v) is 54.5. The Kier molecular flexibility index (Phi) is 19.5. The molecule has 2 N–H and O–H groups in total. The molecule has 3 aliphatic carbocycles. The van der Waals surface area contributed by atoms with Crippen molar-refractivity contribution >= 4 is 138 Å². The van der Waals surface area contributed by atoms with Gasteiger partial charge in [-0.15, -0.1) is 11.3 Å². The van der Waals surface area contributed by atoms with E-state index in [0.29, 0.717) is 31.8 Å². The van der Waals surface area contributed by atoms with Crippen LogP contribution in [0.4, 0.5) is 0 Å². The van der Waals surface area contributed by atoms with Gasteiger partial charge in [0, 0.05) is 79.6 Å². The van der Waals surface area contributed by atoms with Crippen molar-refractivity contribution in [2.45, 2.75) is 12.3 Å². The molecule has 1 spiro atoms. The van der Waals surface area contributed by atoms with Gasteiger partial charge in [-0.1, -0.05) is 212 Å². The van der Waals surface area contributed by atoms with Gasteiger partial charge in [-0.2, -0.15) is 0 Å². The van der Waals surface area contributed by atoms with Gasteiger partial charge in [-0.3, -0.25) is 19.6 Å². The van der Waals surface area contributed by atoms with E-state index in [9.17, 15) is 19.6 Å². The molecular weight excluding hydrogens is 1370 g/mol. The minimum absolute atomic E-state index is 0.0278. The number of aromatic nitrogens is 3. The third-order valence-corrected chi connectivity index (χ3v) is 18.8. The first-order valence-electron chi connectivity index (χ1n) is 27.6. The molecule has 0 saturated heterocycles. The van der Waals surface area contributed by atoms with Crippen LogP contribution in [0, 0.1) is 0 Å². The number of pyridine rings is 3. The van der Waals surface area contributed by atoms with E-state index in [0.717, 1.165) is 51.6 Å². The number of hydrogen-bond donors (Lipinski definition) is 2. The topological polar surface area (TPSA) is 113 Å². The molecule has 0 bridgehead atoms. The van der Waals surface area contributed by atoms with Gasteiger partial charge in [-0.05, 0) is 175 Å². The largest absolute Gasteiger partial charge is 0.489 e. The lowest BCUT2D eigenvalue weighted by Crippen LogP contribution is -2.29.